The van der Waals surface area contributed by atoms with E-state index in [-0.39, 0.29) is 5.91 Å². The molecule has 1 aliphatic heterocycles. The van der Waals surface area contributed by atoms with E-state index in [2.05, 4.69) is 33.8 Å². The lowest BCUT2D eigenvalue weighted by atomic mass is 9.94. The molecule has 1 fully saturated rings. The molecule has 0 radical (unpaired) electrons. The predicted octanol–water partition coefficient (Wildman–Crippen LogP) is 6.46. The van der Waals surface area contributed by atoms with Crippen LogP contribution >= 0.6 is 0 Å². The third-order valence-corrected chi connectivity index (χ3v) is 7.98. The number of carbonyl (C=O) groups is 1. The van der Waals surface area contributed by atoms with Crippen LogP contribution in [0.5, 0.6) is 11.5 Å². The number of piperidine rings is 1. The summed E-state index contributed by atoms with van der Waals surface area (Å²) >= 11 is 0. The van der Waals surface area contributed by atoms with Crippen molar-refractivity contribution in [3.63, 3.8) is 0 Å². The van der Waals surface area contributed by atoms with Gasteiger partial charge in [0, 0.05) is 24.7 Å². The number of hydrogen-bond acceptors (Lipinski definition) is 4. The highest BCUT2D eigenvalue weighted by molar-refractivity contribution is 6.08. The number of aromatic nitrogens is 1. The van der Waals surface area contributed by atoms with E-state index in [1.54, 1.807) is 7.11 Å². The average Bonchev–Trinajstić information content (AvgIpc) is 3.36. The largest absolute Gasteiger partial charge is 0.495 e. The molecule has 0 saturated carbocycles. The maximum absolute atomic E-state index is 13.3. The molecule has 40 heavy (non-hydrogen) atoms. The minimum atomic E-state index is -0.0585. The zero-order valence-electron chi connectivity index (χ0n) is 23.8. The number of hydrogen-bond donors (Lipinski definition) is 1. The Morgan fingerprint density at radius 2 is 1.77 bits per heavy atom. The monoisotopic (exact) mass is 539 g/mol. The van der Waals surface area contributed by atoms with Gasteiger partial charge in [-0.1, -0.05) is 60.2 Å². The van der Waals surface area contributed by atoms with Crippen molar-refractivity contribution in [1.82, 2.24) is 14.8 Å². The quantitative estimate of drug-likeness (QED) is 0.225. The molecular weight excluding hydrogens is 498 g/mol. The Labute approximate surface area is 237 Å². The Bertz CT molecular complexity index is 1390. The maximum Gasteiger partial charge on any atom is 0.253 e. The lowest BCUT2D eigenvalue weighted by Crippen LogP contribution is -2.35. The molecule has 0 bridgehead atoms. The summed E-state index contributed by atoms with van der Waals surface area (Å²) in [5.41, 5.74) is 3.97. The van der Waals surface area contributed by atoms with Crippen molar-refractivity contribution < 1.29 is 14.3 Å². The Morgan fingerprint density at radius 1 is 0.975 bits per heavy atom. The third-order valence-electron chi connectivity index (χ3n) is 7.98. The van der Waals surface area contributed by atoms with E-state index >= 15 is 0 Å². The number of methoxy groups -OCH3 is 1. The molecule has 6 heteroatoms. The first-order valence-electron chi connectivity index (χ1n) is 14.5. The first kappa shape index (κ1) is 27.8. The smallest absolute Gasteiger partial charge is 0.253 e. The van der Waals surface area contributed by atoms with Gasteiger partial charge < -0.3 is 24.3 Å². The predicted molar refractivity (Wildman–Crippen MR) is 161 cm³/mol. The molecule has 6 nitrogen and oxygen atoms in total. The number of likely N-dealkylation sites (tertiary alicyclic amines) is 1. The van der Waals surface area contributed by atoms with Gasteiger partial charge in [0.2, 0.25) is 0 Å². The van der Waals surface area contributed by atoms with Gasteiger partial charge in [0.1, 0.15) is 11.5 Å². The summed E-state index contributed by atoms with van der Waals surface area (Å²) in [5, 5.41) is 4.04. The number of fused-ring (bicyclic) bond motifs is 1. The van der Waals surface area contributed by atoms with E-state index in [4.69, 9.17) is 9.47 Å². The summed E-state index contributed by atoms with van der Waals surface area (Å²) in [7, 11) is 1.69. The maximum atomic E-state index is 13.3. The first-order valence-corrected chi connectivity index (χ1v) is 14.5. The second-order valence-corrected chi connectivity index (χ2v) is 10.9. The van der Waals surface area contributed by atoms with Crippen LogP contribution < -0.4 is 14.8 Å². The Morgan fingerprint density at radius 3 is 2.55 bits per heavy atom. The number of carbonyl (C=O) groups excluding carboxylic acids is 1. The van der Waals surface area contributed by atoms with Gasteiger partial charge in [-0.25, -0.2) is 0 Å². The van der Waals surface area contributed by atoms with Gasteiger partial charge in [0.25, 0.3) is 5.91 Å². The minimum absolute atomic E-state index is 0.0585. The number of benzene rings is 3. The van der Waals surface area contributed by atoms with Crippen LogP contribution in [0.15, 0.2) is 79.0 Å². The number of nitrogens with one attached hydrogen (secondary N) is 1. The van der Waals surface area contributed by atoms with Gasteiger partial charge in [-0.15, -0.1) is 0 Å². The molecule has 1 saturated heterocycles. The van der Waals surface area contributed by atoms with Crippen LogP contribution in [-0.2, 0) is 13.1 Å². The molecule has 0 atom stereocenters. The molecule has 1 aliphatic rings. The molecule has 5 rings (SSSR count). The summed E-state index contributed by atoms with van der Waals surface area (Å²) in [6.45, 7) is 7.53. The molecule has 0 unspecified atom stereocenters. The molecular formula is C34H41N3O3. The zero-order chi connectivity index (χ0) is 27.7. The number of ether oxygens (including phenoxy) is 2. The van der Waals surface area contributed by atoms with Gasteiger partial charge in [-0.05, 0) is 81.9 Å². The van der Waals surface area contributed by atoms with E-state index in [0.29, 0.717) is 12.1 Å². The van der Waals surface area contributed by atoms with Crippen molar-refractivity contribution in [1.29, 1.82) is 0 Å². The number of amides is 1. The fraction of sp³-hybridized carbons (Fsp3) is 0.382. The molecule has 1 N–H and O–H groups in total. The van der Waals surface area contributed by atoms with Crippen molar-refractivity contribution in [2.45, 2.75) is 45.7 Å². The number of para-hydroxylation sites is 2. The van der Waals surface area contributed by atoms with Crippen molar-refractivity contribution >= 4 is 16.8 Å². The molecule has 4 aromatic rings. The van der Waals surface area contributed by atoms with Gasteiger partial charge in [0.05, 0.1) is 24.8 Å². The zero-order valence-corrected chi connectivity index (χ0v) is 23.8. The summed E-state index contributed by atoms with van der Waals surface area (Å²) in [6, 6.07) is 24.3. The van der Waals surface area contributed by atoms with Gasteiger partial charge in [-0.2, -0.15) is 0 Å². The van der Waals surface area contributed by atoms with Gasteiger partial charge >= 0.3 is 0 Å². The van der Waals surface area contributed by atoms with Crippen molar-refractivity contribution in [3.05, 3.63) is 95.7 Å². The molecule has 2 heterocycles. The van der Waals surface area contributed by atoms with Crippen molar-refractivity contribution in [3.8, 4) is 11.5 Å². The molecule has 3 aromatic carbocycles. The minimum Gasteiger partial charge on any atom is -0.495 e. The normalized spacial score (nSPS) is 14.3. The third kappa shape index (κ3) is 7.05. The van der Waals surface area contributed by atoms with Crippen molar-refractivity contribution in [2.24, 2.45) is 5.92 Å². The summed E-state index contributed by atoms with van der Waals surface area (Å²) in [4.78, 5) is 15.8. The average molecular weight is 540 g/mol. The van der Waals surface area contributed by atoms with Crippen LogP contribution in [0.2, 0.25) is 0 Å². The van der Waals surface area contributed by atoms with E-state index < -0.39 is 0 Å². The second-order valence-electron chi connectivity index (χ2n) is 10.9. The van der Waals surface area contributed by atoms with Crippen LogP contribution in [0, 0.1) is 12.8 Å². The molecule has 210 valence electrons. The number of nitrogens with zero attached hydrogens (tertiary/aromatic N) is 2. The standard InChI is InChI=1S/C34H41N3O3/c1-26-9-6-10-28(23-26)24-35-34(38)31-25-37(33-30(31)13-7-14-32(33)39-2)19-8-18-36-20-15-27(16-21-36)17-22-40-29-11-4-3-5-12-29/h3-7,9-14,23,25,27H,8,15-22,24H2,1-2H3,(H,35,38). The van der Waals surface area contributed by atoms with Gasteiger partial charge in [-0.3, -0.25) is 4.79 Å². The van der Waals surface area contributed by atoms with Gasteiger partial charge in [0.15, 0.2) is 0 Å². The van der Waals surface area contributed by atoms with E-state index in [9.17, 15) is 4.79 Å². The fourth-order valence-electron chi connectivity index (χ4n) is 5.77. The van der Waals surface area contributed by atoms with E-state index in [1.165, 1.54) is 18.4 Å². The van der Waals surface area contributed by atoms with Crippen LogP contribution in [0.25, 0.3) is 10.9 Å². The lowest BCUT2D eigenvalue weighted by molar-refractivity contribution is 0.0952. The van der Waals surface area contributed by atoms with Crippen LogP contribution in [0.3, 0.4) is 0 Å². The van der Waals surface area contributed by atoms with Crippen LogP contribution in [0.1, 0.15) is 47.2 Å². The molecule has 1 amide bonds. The van der Waals surface area contributed by atoms with E-state index in [1.807, 2.05) is 66.9 Å². The summed E-state index contributed by atoms with van der Waals surface area (Å²) in [6.07, 6.45) is 6.59. The molecule has 0 spiro atoms. The molecule has 1 aromatic heterocycles. The fourth-order valence-corrected chi connectivity index (χ4v) is 5.77. The highest BCUT2D eigenvalue weighted by Gasteiger charge is 2.20. The number of aryl methyl sites for hydroxylation is 2. The topological polar surface area (TPSA) is 55.7 Å². The SMILES string of the molecule is COc1cccc2c(C(=O)NCc3cccc(C)c3)cn(CCCN3CCC(CCOc4ccccc4)CC3)c12. The highest BCUT2D eigenvalue weighted by Crippen LogP contribution is 2.30. The Balaban J connectivity index is 1.14. The summed E-state index contributed by atoms with van der Waals surface area (Å²) in [5.74, 6) is 2.44. The summed E-state index contributed by atoms with van der Waals surface area (Å²) < 4.78 is 13.8. The highest BCUT2D eigenvalue weighted by atomic mass is 16.5. The Hall–Kier alpha value is -3.77. The Kier molecular flexibility index (Phi) is 9.40. The second kappa shape index (κ2) is 13.5. The number of rotatable bonds is 12. The lowest BCUT2D eigenvalue weighted by Gasteiger charge is -2.32. The van der Waals surface area contributed by atoms with Crippen LogP contribution in [-0.4, -0.2) is 48.7 Å². The van der Waals surface area contributed by atoms with Crippen LogP contribution in [0.4, 0.5) is 0 Å². The van der Waals surface area contributed by atoms with E-state index in [0.717, 1.165) is 79.5 Å². The molecule has 0 aliphatic carbocycles. The first-order chi connectivity index (χ1) is 19.6. The van der Waals surface area contributed by atoms with Crippen molar-refractivity contribution in [2.75, 3.05) is 33.4 Å².